The van der Waals surface area contributed by atoms with Crippen molar-refractivity contribution in [2.75, 3.05) is 11.1 Å². The molecular formula is C17H20Cl2N4OS. The van der Waals surface area contributed by atoms with E-state index in [1.54, 1.807) is 18.2 Å². The molecule has 5 nitrogen and oxygen atoms in total. The first-order valence-corrected chi connectivity index (χ1v) is 10.1. The summed E-state index contributed by atoms with van der Waals surface area (Å²) in [7, 11) is 1.98. The first-order chi connectivity index (χ1) is 12.0. The summed E-state index contributed by atoms with van der Waals surface area (Å²) in [6, 6.07) is 5.02. The average Bonchev–Trinajstić information content (AvgIpc) is 2.98. The SMILES string of the molecule is Cn1c(SCC(=O)Nc2ccc(Cl)c(Cl)c2)nnc1C1CCCCC1. The van der Waals surface area contributed by atoms with E-state index in [0.29, 0.717) is 21.7 Å². The maximum Gasteiger partial charge on any atom is 0.234 e. The molecule has 3 rings (SSSR count). The smallest absolute Gasteiger partial charge is 0.234 e. The molecule has 0 saturated heterocycles. The predicted octanol–water partition coefficient (Wildman–Crippen LogP) is 4.90. The third-order valence-corrected chi connectivity index (χ3v) is 6.13. The first kappa shape index (κ1) is 18.5. The van der Waals surface area contributed by atoms with E-state index in [9.17, 15) is 4.79 Å². The van der Waals surface area contributed by atoms with Crippen molar-refractivity contribution in [3.8, 4) is 0 Å². The van der Waals surface area contributed by atoms with Gasteiger partial charge in [0.05, 0.1) is 15.8 Å². The van der Waals surface area contributed by atoms with Crippen molar-refractivity contribution in [1.29, 1.82) is 0 Å². The highest BCUT2D eigenvalue weighted by Crippen LogP contribution is 2.32. The fourth-order valence-corrected chi connectivity index (χ4v) is 4.09. The van der Waals surface area contributed by atoms with E-state index in [1.807, 2.05) is 11.6 Å². The van der Waals surface area contributed by atoms with Crippen molar-refractivity contribution in [2.24, 2.45) is 7.05 Å². The van der Waals surface area contributed by atoms with Crippen molar-refractivity contribution in [3.05, 3.63) is 34.1 Å². The number of nitrogens with zero attached hydrogens (tertiary/aromatic N) is 3. The third-order valence-electron chi connectivity index (χ3n) is 4.37. The highest BCUT2D eigenvalue weighted by atomic mass is 35.5. The number of anilines is 1. The molecule has 0 bridgehead atoms. The van der Waals surface area contributed by atoms with Gasteiger partial charge in [0.25, 0.3) is 0 Å². The molecule has 25 heavy (non-hydrogen) atoms. The quantitative estimate of drug-likeness (QED) is 0.727. The molecule has 1 heterocycles. The number of amides is 1. The highest BCUT2D eigenvalue weighted by molar-refractivity contribution is 7.99. The van der Waals surface area contributed by atoms with E-state index in [1.165, 1.54) is 43.9 Å². The van der Waals surface area contributed by atoms with Crippen LogP contribution in [0.4, 0.5) is 5.69 Å². The largest absolute Gasteiger partial charge is 0.325 e. The molecule has 1 aliphatic rings. The molecule has 0 aliphatic heterocycles. The molecule has 1 saturated carbocycles. The molecule has 1 aromatic heterocycles. The summed E-state index contributed by atoms with van der Waals surface area (Å²) in [5, 5.41) is 13.1. The van der Waals surface area contributed by atoms with Crippen LogP contribution in [0.5, 0.6) is 0 Å². The summed E-state index contributed by atoms with van der Waals surface area (Å²) >= 11 is 13.2. The van der Waals surface area contributed by atoms with Gasteiger partial charge in [-0.3, -0.25) is 4.79 Å². The van der Waals surface area contributed by atoms with Crippen molar-refractivity contribution in [1.82, 2.24) is 14.8 Å². The molecule has 1 amide bonds. The molecule has 0 atom stereocenters. The lowest BCUT2D eigenvalue weighted by Gasteiger charge is -2.20. The van der Waals surface area contributed by atoms with E-state index >= 15 is 0 Å². The zero-order valence-corrected chi connectivity index (χ0v) is 16.3. The summed E-state index contributed by atoms with van der Waals surface area (Å²) < 4.78 is 2.02. The van der Waals surface area contributed by atoms with E-state index in [4.69, 9.17) is 23.2 Å². The van der Waals surface area contributed by atoms with Gasteiger partial charge in [0, 0.05) is 18.7 Å². The number of carbonyl (C=O) groups excluding carboxylic acids is 1. The summed E-state index contributed by atoms with van der Waals surface area (Å²) in [6.07, 6.45) is 6.17. The van der Waals surface area contributed by atoms with Crippen LogP contribution in [-0.2, 0) is 11.8 Å². The molecule has 8 heteroatoms. The van der Waals surface area contributed by atoms with Crippen molar-refractivity contribution in [3.63, 3.8) is 0 Å². The van der Waals surface area contributed by atoms with Crippen LogP contribution in [0, 0.1) is 0 Å². The molecule has 2 aromatic rings. The van der Waals surface area contributed by atoms with Gasteiger partial charge in [0.2, 0.25) is 5.91 Å². The molecular weight excluding hydrogens is 379 g/mol. The zero-order chi connectivity index (χ0) is 17.8. The van der Waals surface area contributed by atoms with Gasteiger partial charge in [0.1, 0.15) is 5.82 Å². The van der Waals surface area contributed by atoms with Crippen LogP contribution in [0.1, 0.15) is 43.8 Å². The Morgan fingerprint density at radius 3 is 2.72 bits per heavy atom. The molecule has 0 spiro atoms. The third kappa shape index (κ3) is 4.68. The Morgan fingerprint density at radius 1 is 1.24 bits per heavy atom. The Bertz CT molecular complexity index is 759. The van der Waals surface area contributed by atoms with Gasteiger partial charge < -0.3 is 9.88 Å². The van der Waals surface area contributed by atoms with Gasteiger partial charge in [-0.25, -0.2) is 0 Å². The second-order valence-electron chi connectivity index (χ2n) is 6.20. The van der Waals surface area contributed by atoms with Gasteiger partial charge in [-0.2, -0.15) is 0 Å². The zero-order valence-electron chi connectivity index (χ0n) is 14.0. The lowest BCUT2D eigenvalue weighted by molar-refractivity contribution is -0.113. The Hall–Kier alpha value is -1.24. The van der Waals surface area contributed by atoms with Gasteiger partial charge >= 0.3 is 0 Å². The number of hydrogen-bond donors (Lipinski definition) is 1. The standard InChI is InChI=1S/C17H20Cl2N4OS/c1-23-16(11-5-3-2-4-6-11)21-22-17(23)25-10-15(24)20-12-7-8-13(18)14(19)9-12/h7-9,11H,2-6,10H2,1H3,(H,20,24). The maximum absolute atomic E-state index is 12.1. The number of hydrogen-bond acceptors (Lipinski definition) is 4. The summed E-state index contributed by atoms with van der Waals surface area (Å²) in [4.78, 5) is 12.1. The Balaban J connectivity index is 1.56. The van der Waals surface area contributed by atoms with Gasteiger partial charge in [0.15, 0.2) is 5.16 Å². The van der Waals surface area contributed by atoms with Crippen LogP contribution < -0.4 is 5.32 Å². The molecule has 1 aliphatic carbocycles. The van der Waals surface area contributed by atoms with E-state index in [0.717, 1.165) is 11.0 Å². The Labute approximate surface area is 161 Å². The molecule has 1 fully saturated rings. The monoisotopic (exact) mass is 398 g/mol. The number of carbonyl (C=O) groups is 1. The topological polar surface area (TPSA) is 59.8 Å². The van der Waals surface area contributed by atoms with Gasteiger partial charge in [-0.05, 0) is 31.0 Å². The normalized spacial score (nSPS) is 15.3. The van der Waals surface area contributed by atoms with Crippen LogP contribution in [0.25, 0.3) is 0 Å². The fraction of sp³-hybridized carbons (Fsp3) is 0.471. The van der Waals surface area contributed by atoms with Crippen molar-refractivity contribution in [2.45, 2.75) is 43.2 Å². The Kier molecular flexibility index (Phi) is 6.25. The number of nitrogens with one attached hydrogen (secondary N) is 1. The lowest BCUT2D eigenvalue weighted by Crippen LogP contribution is -2.15. The summed E-state index contributed by atoms with van der Waals surface area (Å²) in [5.41, 5.74) is 0.626. The van der Waals surface area contributed by atoms with E-state index in [-0.39, 0.29) is 11.7 Å². The molecule has 0 radical (unpaired) electrons. The van der Waals surface area contributed by atoms with Crippen LogP contribution in [0.2, 0.25) is 10.0 Å². The van der Waals surface area contributed by atoms with Crippen LogP contribution >= 0.6 is 35.0 Å². The average molecular weight is 399 g/mol. The fourth-order valence-electron chi connectivity index (χ4n) is 3.07. The van der Waals surface area contributed by atoms with Gasteiger partial charge in [-0.15, -0.1) is 10.2 Å². The van der Waals surface area contributed by atoms with Crippen LogP contribution in [0.15, 0.2) is 23.4 Å². The number of thioether (sulfide) groups is 1. The summed E-state index contributed by atoms with van der Waals surface area (Å²) in [5.74, 6) is 1.67. The number of halogens is 2. The predicted molar refractivity (Wildman–Crippen MR) is 103 cm³/mol. The van der Waals surface area contributed by atoms with Crippen LogP contribution in [-0.4, -0.2) is 26.4 Å². The molecule has 0 unspecified atom stereocenters. The van der Waals surface area contributed by atoms with Gasteiger partial charge in [-0.1, -0.05) is 54.2 Å². The number of benzene rings is 1. The lowest BCUT2D eigenvalue weighted by atomic mass is 9.89. The second-order valence-corrected chi connectivity index (χ2v) is 7.96. The highest BCUT2D eigenvalue weighted by Gasteiger charge is 2.22. The first-order valence-electron chi connectivity index (χ1n) is 8.31. The van der Waals surface area contributed by atoms with Crippen LogP contribution in [0.3, 0.4) is 0 Å². The Morgan fingerprint density at radius 2 is 2.00 bits per heavy atom. The minimum absolute atomic E-state index is 0.120. The van der Waals surface area contributed by atoms with Crippen molar-refractivity contribution >= 4 is 46.6 Å². The van der Waals surface area contributed by atoms with Crippen molar-refractivity contribution < 1.29 is 4.79 Å². The molecule has 1 aromatic carbocycles. The number of aromatic nitrogens is 3. The van der Waals surface area contributed by atoms with E-state index < -0.39 is 0 Å². The summed E-state index contributed by atoms with van der Waals surface area (Å²) in [6.45, 7) is 0. The maximum atomic E-state index is 12.1. The molecule has 1 N–H and O–H groups in total. The number of rotatable bonds is 5. The molecule has 134 valence electrons. The minimum atomic E-state index is -0.120. The minimum Gasteiger partial charge on any atom is -0.325 e. The van der Waals surface area contributed by atoms with E-state index in [2.05, 4.69) is 15.5 Å². The second kappa shape index (κ2) is 8.43.